The van der Waals surface area contributed by atoms with Crippen LogP contribution in [-0.4, -0.2) is 95.0 Å². The number of piperidine rings is 2. The first-order valence-corrected chi connectivity index (χ1v) is 20.4. The first kappa shape index (κ1) is 40.1. The standard InChI is InChI=1S/C32H38N4O3.C13H15N3O3/c37-31-33-29-17-7-8-18-30(29)36(31)28-19-22-35(32(38)39)27(23-28)16-10-21-34(24-26-13-5-2-6-14-26)20-9-15-25-11-3-1-4-12-25;17-12-14-10-3-1-2-4-11(10)16(12)9-5-7-15(8-6-9)13(18)19/h1-8,11-14,17-18,27-28H,9-10,15-16,19-24H2,(H,33,37)(H,38,39);1-4,9H,5-8H2,(H,14,17)(H,18,19)/t27-,28?;/m0./s1. The highest BCUT2D eigenvalue weighted by molar-refractivity contribution is 5.76. The summed E-state index contributed by atoms with van der Waals surface area (Å²) in [4.78, 5) is 59.1. The van der Waals surface area contributed by atoms with Gasteiger partial charge in [0.15, 0.2) is 0 Å². The van der Waals surface area contributed by atoms with Crippen LogP contribution in [0.25, 0.3) is 22.1 Å². The van der Waals surface area contributed by atoms with Crippen molar-refractivity contribution >= 4 is 34.3 Å². The number of hydrogen-bond acceptors (Lipinski definition) is 5. The number of carboxylic acid groups (broad SMARTS) is 2. The maximum atomic E-state index is 12.8. The third kappa shape index (κ3) is 9.71. The maximum absolute atomic E-state index is 12.8. The van der Waals surface area contributed by atoms with E-state index >= 15 is 0 Å². The van der Waals surface area contributed by atoms with Gasteiger partial charge < -0.3 is 30.0 Å². The highest BCUT2D eigenvalue weighted by Crippen LogP contribution is 2.31. The Bertz CT molecular complexity index is 2380. The van der Waals surface area contributed by atoms with Gasteiger partial charge in [-0.15, -0.1) is 0 Å². The van der Waals surface area contributed by atoms with Gasteiger partial charge in [0.05, 0.1) is 22.1 Å². The van der Waals surface area contributed by atoms with E-state index in [4.69, 9.17) is 5.11 Å². The number of likely N-dealkylation sites (tertiary alicyclic amines) is 2. The first-order valence-electron chi connectivity index (χ1n) is 20.4. The zero-order chi connectivity index (χ0) is 40.4. The van der Waals surface area contributed by atoms with E-state index in [-0.39, 0.29) is 29.5 Å². The van der Waals surface area contributed by atoms with Crippen LogP contribution in [0, 0.1) is 0 Å². The lowest BCUT2D eigenvalue weighted by atomic mass is 9.93. The number of aromatic amines is 2. The molecule has 6 aromatic rings. The molecule has 1 unspecified atom stereocenters. The number of aryl methyl sites for hydroxylation is 1. The molecule has 0 saturated carbocycles. The Morgan fingerprint density at radius 2 is 1.14 bits per heavy atom. The number of amides is 2. The first-order chi connectivity index (χ1) is 28.2. The summed E-state index contributed by atoms with van der Waals surface area (Å²) in [7, 11) is 0. The van der Waals surface area contributed by atoms with Crippen molar-refractivity contribution in [1.82, 2.24) is 33.8 Å². The Labute approximate surface area is 337 Å². The number of aromatic nitrogens is 4. The molecule has 2 aliphatic rings. The van der Waals surface area contributed by atoms with Crippen LogP contribution in [0.3, 0.4) is 0 Å². The largest absolute Gasteiger partial charge is 0.465 e. The highest BCUT2D eigenvalue weighted by atomic mass is 16.4. The lowest BCUT2D eigenvalue weighted by molar-refractivity contribution is 0.0854. The molecule has 13 heteroatoms. The van der Waals surface area contributed by atoms with Crippen molar-refractivity contribution < 1.29 is 19.8 Å². The van der Waals surface area contributed by atoms with E-state index in [1.165, 1.54) is 16.0 Å². The van der Waals surface area contributed by atoms with Gasteiger partial charge in [-0.3, -0.25) is 14.0 Å². The lowest BCUT2D eigenvalue weighted by Gasteiger charge is -2.38. The molecule has 0 bridgehead atoms. The minimum absolute atomic E-state index is 0.0134. The molecule has 2 aromatic heterocycles. The van der Waals surface area contributed by atoms with E-state index in [2.05, 4.69) is 69.5 Å². The van der Waals surface area contributed by atoms with E-state index < -0.39 is 12.2 Å². The van der Waals surface area contributed by atoms with Crippen LogP contribution >= 0.6 is 0 Å². The monoisotopic (exact) mass is 787 g/mol. The number of nitrogens with one attached hydrogen (secondary N) is 2. The molecule has 0 aliphatic carbocycles. The normalized spacial score (nSPS) is 17.4. The fourth-order valence-corrected chi connectivity index (χ4v) is 8.79. The van der Waals surface area contributed by atoms with Gasteiger partial charge in [0.1, 0.15) is 0 Å². The molecule has 58 heavy (non-hydrogen) atoms. The predicted molar refractivity (Wildman–Crippen MR) is 225 cm³/mol. The third-order valence-electron chi connectivity index (χ3n) is 11.7. The Morgan fingerprint density at radius 1 is 0.621 bits per heavy atom. The van der Waals surface area contributed by atoms with E-state index in [1.54, 1.807) is 9.47 Å². The second-order valence-corrected chi connectivity index (χ2v) is 15.4. The second-order valence-electron chi connectivity index (χ2n) is 15.4. The molecule has 0 spiro atoms. The molecule has 2 amide bonds. The molecular weight excluding hydrogens is 735 g/mol. The van der Waals surface area contributed by atoms with Gasteiger partial charge in [0.2, 0.25) is 0 Å². The SMILES string of the molecule is O=C(O)N1CCC(n2c(=O)[nH]c3ccccc32)CC1.O=C(O)N1CCC(n2c(=O)[nH]c3ccccc32)C[C@@H]1CCCN(CCCc1ccccc1)Cc1ccccc1. The van der Waals surface area contributed by atoms with Crippen LogP contribution in [0.4, 0.5) is 9.59 Å². The van der Waals surface area contributed by atoms with Gasteiger partial charge in [-0.2, -0.15) is 0 Å². The molecule has 13 nitrogen and oxygen atoms in total. The van der Waals surface area contributed by atoms with Crippen molar-refractivity contribution in [2.24, 2.45) is 0 Å². The molecule has 2 aliphatic heterocycles. The van der Waals surface area contributed by atoms with E-state index in [0.717, 1.165) is 67.4 Å². The fraction of sp³-hybridized carbons (Fsp3) is 0.378. The summed E-state index contributed by atoms with van der Waals surface area (Å²) in [6, 6.07) is 36.4. The molecule has 8 rings (SSSR count). The van der Waals surface area contributed by atoms with Crippen molar-refractivity contribution in [2.75, 3.05) is 32.7 Å². The summed E-state index contributed by atoms with van der Waals surface area (Å²) in [5, 5.41) is 18.9. The van der Waals surface area contributed by atoms with E-state index in [1.807, 2.05) is 59.2 Å². The minimum atomic E-state index is -0.885. The average Bonchev–Trinajstić information content (AvgIpc) is 3.76. The topological polar surface area (TPSA) is 160 Å². The van der Waals surface area contributed by atoms with E-state index in [9.17, 15) is 24.3 Å². The number of imidazole rings is 2. The molecule has 304 valence electrons. The molecule has 2 fully saturated rings. The number of H-pyrrole nitrogens is 2. The second kappa shape index (κ2) is 18.9. The average molecular weight is 788 g/mol. The lowest BCUT2D eigenvalue weighted by Crippen LogP contribution is -2.47. The Hall–Kier alpha value is -6.08. The summed E-state index contributed by atoms with van der Waals surface area (Å²) >= 11 is 0. The molecule has 4 N–H and O–H groups in total. The molecule has 4 heterocycles. The van der Waals surface area contributed by atoms with Crippen LogP contribution in [0.2, 0.25) is 0 Å². The fourth-order valence-electron chi connectivity index (χ4n) is 8.79. The Kier molecular flexibility index (Phi) is 13.1. The van der Waals surface area contributed by atoms with Gasteiger partial charge in [-0.05, 0) is 99.8 Å². The zero-order valence-electron chi connectivity index (χ0n) is 32.8. The Balaban J connectivity index is 0.000000224. The summed E-state index contributed by atoms with van der Waals surface area (Å²) < 4.78 is 3.60. The molecular formula is C45H53N7O6. The van der Waals surface area contributed by atoms with Gasteiger partial charge in [-0.1, -0.05) is 84.9 Å². The minimum Gasteiger partial charge on any atom is -0.465 e. The third-order valence-corrected chi connectivity index (χ3v) is 11.7. The van der Waals surface area contributed by atoms with Gasteiger partial charge in [0.25, 0.3) is 0 Å². The number of rotatable bonds is 12. The number of carbonyl (C=O) groups is 2. The maximum Gasteiger partial charge on any atom is 0.407 e. The summed E-state index contributed by atoms with van der Waals surface area (Å²) in [5.41, 5.74) is 5.85. The number of nitrogens with zero attached hydrogens (tertiary/aromatic N) is 5. The zero-order valence-corrected chi connectivity index (χ0v) is 32.8. The Morgan fingerprint density at radius 3 is 1.72 bits per heavy atom. The van der Waals surface area contributed by atoms with Crippen LogP contribution < -0.4 is 11.4 Å². The van der Waals surface area contributed by atoms with Crippen LogP contribution in [0.15, 0.2) is 119 Å². The van der Waals surface area contributed by atoms with Crippen LogP contribution in [-0.2, 0) is 13.0 Å². The van der Waals surface area contributed by atoms with Crippen molar-refractivity contribution in [1.29, 1.82) is 0 Å². The summed E-state index contributed by atoms with van der Waals surface area (Å²) in [5.74, 6) is 0. The quantitative estimate of drug-likeness (QED) is 0.0996. The van der Waals surface area contributed by atoms with Crippen molar-refractivity contribution in [2.45, 2.75) is 76.0 Å². The van der Waals surface area contributed by atoms with Gasteiger partial charge >= 0.3 is 23.6 Å². The summed E-state index contributed by atoms with van der Waals surface area (Å²) in [6.07, 6.45) is 4.70. The van der Waals surface area contributed by atoms with Gasteiger partial charge in [-0.25, -0.2) is 19.2 Å². The van der Waals surface area contributed by atoms with Crippen molar-refractivity contribution in [3.63, 3.8) is 0 Å². The number of para-hydroxylation sites is 4. The molecule has 2 saturated heterocycles. The number of benzene rings is 4. The smallest absolute Gasteiger partial charge is 0.407 e. The van der Waals surface area contributed by atoms with Crippen LogP contribution in [0.5, 0.6) is 0 Å². The van der Waals surface area contributed by atoms with E-state index in [0.29, 0.717) is 45.3 Å². The summed E-state index contributed by atoms with van der Waals surface area (Å²) in [6.45, 7) is 4.19. The predicted octanol–water partition coefficient (Wildman–Crippen LogP) is 7.57. The number of hydrogen-bond donors (Lipinski definition) is 4. The van der Waals surface area contributed by atoms with Crippen molar-refractivity contribution in [3.05, 3.63) is 141 Å². The van der Waals surface area contributed by atoms with Crippen molar-refractivity contribution in [3.8, 4) is 0 Å². The highest BCUT2D eigenvalue weighted by Gasteiger charge is 2.33. The number of fused-ring (bicyclic) bond motifs is 2. The molecule has 0 radical (unpaired) electrons. The van der Waals surface area contributed by atoms with Gasteiger partial charge in [0, 0.05) is 44.3 Å². The molecule has 2 atom stereocenters. The van der Waals surface area contributed by atoms with Crippen LogP contribution in [0.1, 0.15) is 68.2 Å². The molecule has 4 aromatic carbocycles.